The molecule has 103 heavy (non-hydrogen) atoms. The van der Waals surface area contributed by atoms with Crippen molar-refractivity contribution in [2.75, 3.05) is 145 Å². The second-order valence-electron chi connectivity index (χ2n) is 33.7. The minimum atomic E-state index is -0.892. The van der Waals surface area contributed by atoms with Crippen molar-refractivity contribution in [1.29, 1.82) is 0 Å². The first-order valence-corrected chi connectivity index (χ1v) is 38.6. The number of nitrogens with zero attached hydrogens (tertiary/aromatic N) is 9. The van der Waals surface area contributed by atoms with Gasteiger partial charge in [-0.2, -0.15) is 0 Å². The molecule has 2 saturated carbocycles. The van der Waals surface area contributed by atoms with Gasteiger partial charge in [-0.15, -0.1) is 0 Å². The van der Waals surface area contributed by atoms with Gasteiger partial charge in [0.05, 0.1) is 32.0 Å². The third kappa shape index (κ3) is 27.0. The Morgan fingerprint density at radius 3 is 1.03 bits per heavy atom. The van der Waals surface area contributed by atoms with E-state index in [9.17, 15) is 53.4 Å². The van der Waals surface area contributed by atoms with Crippen LogP contribution in [0.15, 0.2) is 0 Å². The number of aliphatic hydroxyl groups is 2. The van der Waals surface area contributed by atoms with Gasteiger partial charge in [-0.3, -0.25) is 48.5 Å². The molecule has 590 valence electrons. The summed E-state index contributed by atoms with van der Waals surface area (Å²) in [5, 5.41) is 18.8. The third-order valence-electron chi connectivity index (χ3n) is 21.5. The lowest BCUT2D eigenvalue weighted by atomic mass is 9.82. The van der Waals surface area contributed by atoms with E-state index < -0.39 is 40.4 Å². The van der Waals surface area contributed by atoms with Gasteiger partial charge in [0, 0.05) is 108 Å². The van der Waals surface area contributed by atoms with Gasteiger partial charge in [-0.25, -0.2) is 19.2 Å². The van der Waals surface area contributed by atoms with E-state index >= 15 is 0 Å². The monoisotopic (exact) mass is 1460 g/mol. The largest absolute Gasteiger partial charge is 0.469 e. The second kappa shape index (κ2) is 39.8. The Kier molecular flexibility index (Phi) is 33.3. The molecule has 28 nitrogen and oxygen atoms in total. The van der Waals surface area contributed by atoms with Crippen molar-refractivity contribution in [3.63, 3.8) is 0 Å². The highest BCUT2D eigenvalue weighted by atomic mass is 16.6. The molecule has 6 N–H and O–H groups in total. The van der Waals surface area contributed by atoms with E-state index in [2.05, 4.69) is 29.2 Å². The quantitative estimate of drug-likeness (QED) is 0.0965. The molecule has 11 fully saturated rings. The average molecular weight is 1460 g/mol. The fourth-order valence-corrected chi connectivity index (χ4v) is 15.4. The number of aliphatic hydroxyl groups excluding tert-OH is 2. The van der Waals surface area contributed by atoms with Crippen LogP contribution in [0.25, 0.3) is 0 Å². The molecule has 11 rings (SSSR count). The first kappa shape index (κ1) is 86.3. The summed E-state index contributed by atoms with van der Waals surface area (Å²) in [6, 6.07) is 1.99. The summed E-state index contributed by atoms with van der Waals surface area (Å²) < 4.78 is 30.8. The average Bonchev–Trinajstić information content (AvgIpc) is 0.819. The Morgan fingerprint density at radius 1 is 0.359 bits per heavy atom. The molecule has 0 bridgehead atoms. The maximum absolute atomic E-state index is 12.2. The molecule has 9 aliphatic heterocycles. The standard InChI is InChI=1S/C15H26N2O4.C14H25N3O3.C14H26N2O3.C12H19NO5.C10H18N2O.C10H19NO/c1-15(2,3)21-14(19)17-9-6-12(16-7-5-8-16)11(10-17)13(18)20-4;1-14(2,3)20-13(19)17-8-5-11(16-6-4-7-16)10(9-17)12(15)18;1-14(2,3)19-13(18)16-8-5-12(11(9-16)10-17)15-6-4-7-15;1-12(2,3)18-11(16)13-6-5-9(14)8(7-13)10(15)17-4;11-10(13)8-4-1-2-5-9(8)12-6-3-7-12;12-8-9-4-1-2-5-10(9)11-6-3-7-11/h11-12H,5-10H2,1-4H3;10-11H,4-9H2,1-3H3,(H2,15,18);11-12,17H,4-10H2,1-3H3;8H,5-7H2,1-4H3;8-9H,1-7H2,(H2,11,13);9-10,12H,1-8H2/t11?,12-;10?,11-;11?,12-;;8?,9-;9?,10-/m000.00/s1. The zero-order valence-corrected chi connectivity index (χ0v) is 65.2. The molecule has 6 unspecified atom stereocenters. The zero-order valence-electron chi connectivity index (χ0n) is 65.2. The van der Waals surface area contributed by atoms with Gasteiger partial charge in [-0.1, -0.05) is 25.7 Å². The first-order chi connectivity index (χ1) is 48.4. The Balaban J connectivity index is 0.000000196. The highest BCUT2D eigenvalue weighted by molar-refractivity contribution is 6.00. The van der Waals surface area contributed by atoms with Crippen LogP contribution in [0, 0.1) is 35.5 Å². The number of methoxy groups -OCH3 is 2. The fourth-order valence-electron chi connectivity index (χ4n) is 15.4. The fraction of sp³-hybridized carbons (Fsp3) is 0.880. The van der Waals surface area contributed by atoms with Gasteiger partial charge < -0.3 is 69.7 Å². The number of rotatable bonds is 11. The summed E-state index contributed by atoms with van der Waals surface area (Å²) in [6.07, 6.45) is 17.4. The summed E-state index contributed by atoms with van der Waals surface area (Å²) in [5.74, 6) is -2.04. The van der Waals surface area contributed by atoms with E-state index in [1.54, 1.807) is 35.5 Å². The number of Topliss-reactive ketones (excluding diaryl/α,β-unsaturated/α-hetero) is 1. The summed E-state index contributed by atoms with van der Waals surface area (Å²) in [4.78, 5) is 124. The Hall–Kier alpha value is -5.65. The van der Waals surface area contributed by atoms with Crippen LogP contribution in [-0.4, -0.2) is 306 Å². The van der Waals surface area contributed by atoms with Crippen molar-refractivity contribution in [2.45, 2.75) is 245 Å². The molecule has 28 heteroatoms. The van der Waals surface area contributed by atoms with E-state index in [1.807, 2.05) is 62.3 Å². The number of carbonyl (C=O) groups excluding carboxylic acids is 9. The smallest absolute Gasteiger partial charge is 0.410 e. The normalized spacial score (nSPS) is 28.7. The van der Waals surface area contributed by atoms with Crippen LogP contribution in [0.3, 0.4) is 0 Å². The van der Waals surface area contributed by atoms with Crippen LogP contribution in [0.5, 0.6) is 0 Å². The number of nitrogens with two attached hydrogens (primary N) is 2. The number of amides is 6. The SMILES string of the molecule is CC(C)(C)OC(=O)N1CC[C@H](N2CCC2)C(C(N)=O)C1.CC(C)(C)OC(=O)N1CC[C@H](N2CCC2)C(CO)C1.COC(=O)C1CN(C(=O)OC(C)(C)C)CCC1=O.COC(=O)C1CN(C(=O)OC(C)(C)C)CC[C@@H]1N1CCC1.NC(=O)C1CCCC[C@@H]1N1CCC1.OCC1CCCC[C@@H]1N1CCC1. The minimum absolute atomic E-state index is 0.0282. The van der Waals surface area contributed by atoms with E-state index in [0.717, 1.165) is 77.5 Å². The van der Waals surface area contributed by atoms with Gasteiger partial charge in [0.25, 0.3) is 0 Å². The van der Waals surface area contributed by atoms with Gasteiger partial charge in [-0.05, 0) is 232 Å². The molecule has 11 aliphatic rings. The van der Waals surface area contributed by atoms with E-state index in [-0.39, 0.29) is 104 Å². The van der Waals surface area contributed by atoms with Crippen LogP contribution in [0.1, 0.15) is 192 Å². The van der Waals surface area contributed by atoms with Gasteiger partial charge in [0.2, 0.25) is 11.8 Å². The second-order valence-corrected chi connectivity index (χ2v) is 33.7. The minimum Gasteiger partial charge on any atom is -0.469 e. The molecule has 11 atom stereocenters. The topological polar surface area (TPSA) is 331 Å². The lowest BCUT2D eigenvalue weighted by Gasteiger charge is -2.46. The molecular weight excluding hydrogens is 1330 g/mol. The van der Waals surface area contributed by atoms with Crippen molar-refractivity contribution in [1.82, 2.24) is 44.1 Å². The molecule has 0 spiro atoms. The van der Waals surface area contributed by atoms with E-state index in [0.29, 0.717) is 57.3 Å². The number of ether oxygens (including phenoxy) is 6. The number of ketones is 1. The number of hydrogen-bond donors (Lipinski definition) is 4. The highest BCUT2D eigenvalue weighted by Crippen LogP contribution is 2.34. The van der Waals surface area contributed by atoms with Crippen molar-refractivity contribution in [2.24, 2.45) is 47.0 Å². The zero-order chi connectivity index (χ0) is 76.1. The highest BCUT2D eigenvalue weighted by Gasteiger charge is 2.45. The predicted molar refractivity (Wildman–Crippen MR) is 389 cm³/mol. The summed E-state index contributed by atoms with van der Waals surface area (Å²) in [6.45, 7) is 37.4. The van der Waals surface area contributed by atoms with E-state index in [1.165, 1.54) is 122 Å². The maximum atomic E-state index is 12.2. The van der Waals surface area contributed by atoms with Gasteiger partial charge in [0.1, 0.15) is 28.3 Å². The summed E-state index contributed by atoms with van der Waals surface area (Å²) in [7, 11) is 2.63. The molecule has 9 heterocycles. The number of carbonyl (C=O) groups is 9. The van der Waals surface area contributed by atoms with Gasteiger partial charge >= 0.3 is 36.3 Å². The van der Waals surface area contributed by atoms with Crippen molar-refractivity contribution in [3.8, 4) is 0 Å². The van der Waals surface area contributed by atoms with Gasteiger partial charge in [0.15, 0.2) is 5.78 Å². The number of likely N-dealkylation sites (tertiary alicyclic amines) is 9. The van der Waals surface area contributed by atoms with Crippen molar-refractivity contribution >= 4 is 53.9 Å². The summed E-state index contributed by atoms with van der Waals surface area (Å²) >= 11 is 0. The van der Waals surface area contributed by atoms with Crippen LogP contribution >= 0.6 is 0 Å². The van der Waals surface area contributed by atoms with Crippen LogP contribution < -0.4 is 11.5 Å². The third-order valence-corrected chi connectivity index (χ3v) is 21.5. The Bertz CT molecular complexity index is 2730. The van der Waals surface area contributed by atoms with Crippen LogP contribution in [-0.2, 0) is 52.4 Å². The molecule has 0 aromatic rings. The van der Waals surface area contributed by atoms with Crippen molar-refractivity contribution < 1.29 is 81.8 Å². The number of esters is 2. The Morgan fingerprint density at radius 2 is 0.670 bits per heavy atom. The molecule has 6 amide bonds. The van der Waals surface area contributed by atoms with Crippen molar-refractivity contribution in [3.05, 3.63) is 0 Å². The number of piperidine rings is 4. The molecule has 0 radical (unpaired) electrons. The van der Waals surface area contributed by atoms with E-state index in [4.69, 9.17) is 35.2 Å². The maximum Gasteiger partial charge on any atom is 0.410 e. The molecule has 0 aromatic heterocycles. The Labute approximate surface area is 614 Å². The number of primary amides is 2. The molecular formula is C75H133N11O17. The summed E-state index contributed by atoms with van der Waals surface area (Å²) in [5.41, 5.74) is 8.83. The van der Waals surface area contributed by atoms with Crippen LogP contribution in [0.2, 0.25) is 0 Å². The molecule has 0 aromatic carbocycles. The molecule has 2 aliphatic carbocycles. The predicted octanol–water partition coefficient (Wildman–Crippen LogP) is 6.57. The lowest BCUT2D eigenvalue weighted by Crippen LogP contribution is -2.59. The number of hydrogen-bond acceptors (Lipinski definition) is 22. The molecule has 9 saturated heterocycles. The first-order valence-electron chi connectivity index (χ1n) is 38.6. The lowest BCUT2D eigenvalue weighted by molar-refractivity contribution is -0.152. The van der Waals surface area contributed by atoms with Crippen LogP contribution in [0.4, 0.5) is 19.2 Å².